The first-order chi connectivity index (χ1) is 26.5. The number of rotatable bonds is 3. The molecule has 1 aliphatic carbocycles. The van der Waals surface area contributed by atoms with Crippen LogP contribution >= 0.6 is 0 Å². The minimum atomic E-state index is -0.621. The van der Waals surface area contributed by atoms with Crippen molar-refractivity contribution >= 4 is 39.7 Å². The van der Waals surface area contributed by atoms with Crippen LogP contribution in [0.3, 0.4) is 0 Å². The molecule has 0 bridgehead atoms. The van der Waals surface area contributed by atoms with Gasteiger partial charge in [-0.15, -0.1) is 0 Å². The molecule has 1 saturated heterocycles. The van der Waals surface area contributed by atoms with Gasteiger partial charge in [-0.3, -0.25) is 14.6 Å². The third-order valence-corrected chi connectivity index (χ3v) is 11.4. The van der Waals surface area contributed by atoms with Crippen LogP contribution < -0.4 is 15.5 Å². The third-order valence-electron chi connectivity index (χ3n) is 11.4. The number of para-hydroxylation sites is 2. The summed E-state index contributed by atoms with van der Waals surface area (Å²) >= 11 is 0. The summed E-state index contributed by atoms with van der Waals surface area (Å²) in [6, 6.07) is 15.2. The van der Waals surface area contributed by atoms with Crippen molar-refractivity contribution in [2.75, 3.05) is 24.5 Å². The molecule has 7 heterocycles. The lowest BCUT2D eigenvalue weighted by atomic mass is 9.92. The van der Waals surface area contributed by atoms with Crippen LogP contribution in [0, 0.1) is 11.4 Å². The van der Waals surface area contributed by atoms with Crippen LogP contribution in [-0.4, -0.2) is 66.9 Å². The first-order valence-corrected chi connectivity index (χ1v) is 19.4. The zero-order valence-electron chi connectivity index (χ0n) is 32.0. The normalized spacial score (nSPS) is 18.1. The molecule has 0 unspecified atom stereocenters. The van der Waals surface area contributed by atoms with Crippen LogP contribution in [0.4, 0.5) is 10.2 Å². The van der Waals surface area contributed by atoms with Gasteiger partial charge >= 0.3 is 0 Å². The van der Waals surface area contributed by atoms with Gasteiger partial charge in [0.25, 0.3) is 11.8 Å². The number of benzene rings is 2. The van der Waals surface area contributed by atoms with Crippen LogP contribution in [0.5, 0.6) is 0 Å². The molecule has 4 aliphatic rings. The van der Waals surface area contributed by atoms with Crippen LogP contribution in [0.2, 0.25) is 0 Å². The summed E-state index contributed by atoms with van der Waals surface area (Å²) in [5.41, 5.74) is 10.3. The van der Waals surface area contributed by atoms with Crippen LogP contribution in [0.1, 0.15) is 98.3 Å². The van der Waals surface area contributed by atoms with Crippen molar-refractivity contribution < 1.29 is 14.0 Å². The minimum absolute atomic E-state index is 0.00965. The van der Waals surface area contributed by atoms with Gasteiger partial charge in [0.1, 0.15) is 16.9 Å². The number of H-pyrrole nitrogens is 2. The van der Waals surface area contributed by atoms with E-state index in [1.807, 2.05) is 42.6 Å². The number of halogens is 1. The van der Waals surface area contributed by atoms with Crippen molar-refractivity contribution in [3.8, 4) is 22.5 Å². The maximum absolute atomic E-state index is 13.4. The van der Waals surface area contributed by atoms with Crippen molar-refractivity contribution in [3.05, 3.63) is 89.4 Å². The Morgan fingerprint density at radius 3 is 1.71 bits per heavy atom. The molecule has 2 amide bonds. The fraction of sp³-hybridized carbons (Fsp3) is 0.395. The van der Waals surface area contributed by atoms with Gasteiger partial charge in [-0.05, 0) is 69.2 Å². The van der Waals surface area contributed by atoms with Gasteiger partial charge in [0.15, 0.2) is 0 Å². The van der Waals surface area contributed by atoms with Crippen molar-refractivity contribution in [2.45, 2.75) is 84.6 Å². The molecule has 55 heavy (non-hydrogen) atoms. The molecular formula is C43H48FN9O2. The fourth-order valence-corrected chi connectivity index (χ4v) is 8.34. The number of aromatic amines is 2. The number of hydrogen-bond donors (Lipinski definition) is 4. The number of hydrogen-bond acceptors (Lipinski definition) is 7. The molecule has 284 valence electrons. The maximum Gasteiger partial charge on any atom is 0.253 e. The molecule has 4 N–H and O–H groups in total. The molecule has 12 heteroatoms. The largest absolute Gasteiger partial charge is 0.358 e. The highest BCUT2D eigenvalue weighted by atomic mass is 19.1. The molecule has 1 saturated carbocycles. The summed E-state index contributed by atoms with van der Waals surface area (Å²) in [5.74, 6) is 0.205. The molecule has 4 aromatic heterocycles. The SMILES string of the molecule is CC1(C)CCCC1.CC1(C)CCCN1c1cnc2cccc(-c3cc4c([nH]3)CCNC4=O)c2n1.O=C1NCCc2[nH]c(-c3cccc4ncc(F)nc34)cc21. The van der Waals surface area contributed by atoms with E-state index in [0.717, 1.165) is 88.3 Å². The van der Waals surface area contributed by atoms with Crippen molar-refractivity contribution in [1.29, 1.82) is 0 Å². The Hall–Kier alpha value is -5.65. The van der Waals surface area contributed by atoms with E-state index in [9.17, 15) is 14.0 Å². The molecule has 2 fully saturated rings. The number of carbonyl (C=O) groups excluding carboxylic acids is 2. The number of amides is 2. The van der Waals surface area contributed by atoms with Crippen LogP contribution in [0.15, 0.2) is 60.9 Å². The minimum Gasteiger partial charge on any atom is -0.358 e. The van der Waals surface area contributed by atoms with E-state index in [-0.39, 0.29) is 17.4 Å². The topological polar surface area (TPSA) is 145 Å². The summed E-state index contributed by atoms with van der Waals surface area (Å²) in [5, 5.41) is 5.70. The Bertz CT molecular complexity index is 2400. The molecule has 3 aliphatic heterocycles. The second kappa shape index (κ2) is 14.5. The Morgan fingerprint density at radius 2 is 1.22 bits per heavy atom. The van der Waals surface area contributed by atoms with Gasteiger partial charge in [-0.2, -0.15) is 4.39 Å². The molecule has 10 rings (SSSR count). The average Bonchev–Trinajstić information content (AvgIpc) is 3.98. The van der Waals surface area contributed by atoms with Gasteiger partial charge in [-0.25, -0.2) is 15.0 Å². The Morgan fingerprint density at radius 1 is 0.673 bits per heavy atom. The third kappa shape index (κ3) is 7.42. The Balaban J connectivity index is 0.000000135. The van der Waals surface area contributed by atoms with E-state index in [1.54, 1.807) is 12.1 Å². The summed E-state index contributed by atoms with van der Waals surface area (Å²) in [7, 11) is 0. The highest BCUT2D eigenvalue weighted by Gasteiger charge is 2.33. The number of nitrogens with one attached hydrogen (secondary N) is 4. The molecule has 6 aromatic rings. The molecule has 2 aromatic carbocycles. The van der Waals surface area contributed by atoms with E-state index in [1.165, 1.54) is 32.1 Å². The number of aromatic nitrogens is 6. The first kappa shape index (κ1) is 36.3. The standard InChI is InChI=1S/C21H23N5O.C15H11FN4O.C7H14/c1-21(2)8-4-10-26(21)18-12-23-16-6-3-5-13(19(16)25-18)17-11-14-15(24-17)7-9-22-20(14)27;16-13-7-18-11-3-1-2-8(14(11)20-13)12-6-9-10(19-12)4-5-17-15(9)21;1-7(2)5-3-4-6-7/h3,5-6,11-12,24H,4,7-10H2,1-2H3,(H,22,27);1-3,6-7,19H,4-5H2,(H,17,21);3-6H2,1-2H3. The number of nitrogens with zero attached hydrogens (tertiary/aromatic N) is 5. The fourth-order valence-electron chi connectivity index (χ4n) is 8.34. The second-order valence-electron chi connectivity index (χ2n) is 16.4. The predicted octanol–water partition coefficient (Wildman–Crippen LogP) is 7.93. The van der Waals surface area contributed by atoms with Gasteiger partial charge in [0, 0.05) is 71.9 Å². The molecule has 11 nitrogen and oxygen atoms in total. The monoisotopic (exact) mass is 741 g/mol. The van der Waals surface area contributed by atoms with Gasteiger partial charge in [0.2, 0.25) is 5.95 Å². The number of anilines is 1. The molecule has 0 atom stereocenters. The first-order valence-electron chi connectivity index (χ1n) is 19.4. The lowest BCUT2D eigenvalue weighted by Crippen LogP contribution is -2.38. The lowest BCUT2D eigenvalue weighted by molar-refractivity contribution is 0.0937. The summed E-state index contributed by atoms with van der Waals surface area (Å²) in [6.45, 7) is 11.5. The van der Waals surface area contributed by atoms with Gasteiger partial charge < -0.3 is 25.5 Å². The van der Waals surface area contributed by atoms with E-state index in [0.29, 0.717) is 35.1 Å². The lowest BCUT2D eigenvalue weighted by Gasteiger charge is -2.32. The zero-order chi connectivity index (χ0) is 38.3. The number of carbonyl (C=O) groups is 2. The second-order valence-corrected chi connectivity index (χ2v) is 16.4. The summed E-state index contributed by atoms with van der Waals surface area (Å²) in [6.07, 6.45) is 12.7. The van der Waals surface area contributed by atoms with E-state index in [4.69, 9.17) is 4.98 Å². The van der Waals surface area contributed by atoms with Crippen LogP contribution in [0.25, 0.3) is 44.6 Å². The smallest absolute Gasteiger partial charge is 0.253 e. The predicted molar refractivity (Wildman–Crippen MR) is 214 cm³/mol. The van der Waals surface area contributed by atoms with E-state index < -0.39 is 5.95 Å². The van der Waals surface area contributed by atoms with Gasteiger partial charge in [-0.1, -0.05) is 51.0 Å². The van der Waals surface area contributed by atoms with Crippen molar-refractivity contribution in [2.24, 2.45) is 5.41 Å². The van der Waals surface area contributed by atoms with Crippen molar-refractivity contribution in [1.82, 2.24) is 40.5 Å². The Kier molecular flexibility index (Phi) is 9.60. The molecule has 0 radical (unpaired) electrons. The summed E-state index contributed by atoms with van der Waals surface area (Å²) < 4.78 is 13.4. The summed E-state index contributed by atoms with van der Waals surface area (Å²) in [4.78, 5) is 50.6. The highest BCUT2D eigenvalue weighted by molar-refractivity contribution is 6.00. The van der Waals surface area contributed by atoms with E-state index in [2.05, 4.69) is 68.1 Å². The zero-order valence-corrected chi connectivity index (χ0v) is 32.0. The van der Waals surface area contributed by atoms with Gasteiger partial charge in [0.05, 0.1) is 34.6 Å². The average molecular weight is 742 g/mol. The highest BCUT2D eigenvalue weighted by Crippen LogP contribution is 2.37. The maximum atomic E-state index is 13.4. The van der Waals surface area contributed by atoms with E-state index >= 15 is 0 Å². The van der Waals surface area contributed by atoms with Crippen LogP contribution in [-0.2, 0) is 12.8 Å². The molecular weight excluding hydrogens is 694 g/mol. The Labute approximate surface area is 320 Å². The number of fused-ring (bicyclic) bond motifs is 4. The molecule has 0 spiro atoms. The quantitative estimate of drug-likeness (QED) is 0.144. The van der Waals surface area contributed by atoms with Crippen molar-refractivity contribution in [3.63, 3.8) is 0 Å².